The van der Waals surface area contributed by atoms with Crippen molar-refractivity contribution in [2.24, 2.45) is 11.8 Å². The molecule has 0 aliphatic rings. The van der Waals surface area contributed by atoms with Crippen LogP contribution in [0.15, 0.2) is 0 Å². The van der Waals surface area contributed by atoms with E-state index in [1.54, 1.807) is 0 Å². The molecule has 20 heavy (non-hydrogen) atoms. The second kappa shape index (κ2) is 19.5. The van der Waals surface area contributed by atoms with Gasteiger partial charge in [-0.1, -0.05) is 86.1 Å². The van der Waals surface area contributed by atoms with Crippen LogP contribution in [0.4, 0.5) is 0 Å². The van der Waals surface area contributed by atoms with Gasteiger partial charge in [-0.3, -0.25) is 30.1 Å². The Kier molecular flexibility index (Phi) is 26.7. The molecule has 0 saturated heterocycles. The van der Waals surface area contributed by atoms with Crippen molar-refractivity contribution >= 4 is 69.8 Å². The van der Waals surface area contributed by atoms with Crippen molar-refractivity contribution in [3.05, 3.63) is 0 Å². The Hall–Kier alpha value is 2.47. The minimum absolute atomic E-state index is 0.667. The Labute approximate surface area is 154 Å². The molecule has 0 spiro atoms. The molecule has 0 atom stereocenters. The lowest BCUT2D eigenvalue weighted by molar-refractivity contribution is 0.697. The third kappa shape index (κ3) is 37.1. The summed E-state index contributed by atoms with van der Waals surface area (Å²) in [4.78, 5) is 0. The van der Waals surface area contributed by atoms with Gasteiger partial charge in [0.2, 0.25) is 0 Å². The first kappa shape index (κ1) is 27.3. The molecule has 6 heteroatoms. The Morgan fingerprint density at radius 2 is 0.950 bits per heavy atom. The Morgan fingerprint density at radius 1 is 0.700 bits per heavy atom. The zero-order valence-electron chi connectivity index (χ0n) is 14.8. The lowest BCUT2D eigenvalue weighted by Crippen LogP contribution is -2.09. The molecular weight excluding hydrogens is 355 g/mol. The van der Waals surface area contributed by atoms with Crippen LogP contribution in [-0.2, 0) is 0 Å². The van der Waals surface area contributed by atoms with Crippen LogP contribution >= 0.6 is 30.1 Å². The second-order valence-corrected chi connectivity index (χ2v) is 19.6. The summed E-state index contributed by atoms with van der Waals surface area (Å²) in [5, 5.41) is 5.05. The van der Waals surface area contributed by atoms with Gasteiger partial charge < -0.3 is 0 Å². The molecular formula is C14H34Al3Cl3. The molecule has 0 heterocycles. The van der Waals surface area contributed by atoms with Crippen molar-refractivity contribution < 1.29 is 0 Å². The summed E-state index contributed by atoms with van der Waals surface area (Å²) < 4.78 is 0. The molecule has 0 rings (SSSR count). The Bertz CT molecular complexity index is 162. The van der Waals surface area contributed by atoms with Crippen molar-refractivity contribution in [3.8, 4) is 0 Å². The van der Waals surface area contributed by atoms with E-state index in [2.05, 4.69) is 53.1 Å². The molecule has 0 nitrogen and oxygen atoms in total. The maximum absolute atomic E-state index is 6.21. The van der Waals surface area contributed by atoms with E-state index < -0.39 is 39.7 Å². The summed E-state index contributed by atoms with van der Waals surface area (Å²) in [5.41, 5.74) is 0. The molecule has 0 fully saturated rings. The maximum Gasteiger partial charge on any atom is 0.400 e. The Balaban J connectivity index is -0.000000246. The molecule has 0 amide bonds. The van der Waals surface area contributed by atoms with Gasteiger partial charge >= 0.3 is 39.7 Å². The van der Waals surface area contributed by atoms with E-state index >= 15 is 0 Å². The van der Waals surface area contributed by atoms with Gasteiger partial charge in [0.05, 0.1) is 0 Å². The van der Waals surface area contributed by atoms with Crippen molar-refractivity contribution in [2.75, 3.05) is 0 Å². The van der Waals surface area contributed by atoms with Crippen LogP contribution in [0, 0.1) is 11.8 Å². The summed E-state index contributed by atoms with van der Waals surface area (Å²) in [5.74, 6) is 5.74. The third-order valence-electron chi connectivity index (χ3n) is 2.34. The highest BCUT2D eigenvalue weighted by atomic mass is 35.6. The molecule has 0 radical (unpaired) electrons. The molecule has 0 saturated carbocycles. The fourth-order valence-electron chi connectivity index (χ4n) is 1.41. The molecule has 0 unspecified atom stereocenters. The average molecular weight is 390 g/mol. The van der Waals surface area contributed by atoms with Crippen LogP contribution in [0.1, 0.15) is 41.5 Å². The molecule has 120 valence electrons. The third-order valence-corrected chi connectivity index (χ3v) is 9.94. The monoisotopic (exact) mass is 388 g/mol. The average Bonchev–Trinajstić information content (AvgIpc) is 2.25. The van der Waals surface area contributed by atoms with Crippen molar-refractivity contribution in [3.63, 3.8) is 0 Å². The van der Waals surface area contributed by atoms with Crippen LogP contribution < -0.4 is 0 Å². The lowest BCUT2D eigenvalue weighted by Gasteiger charge is -2.08. The highest BCUT2D eigenvalue weighted by Crippen LogP contribution is 2.16. The van der Waals surface area contributed by atoms with E-state index in [0.717, 1.165) is 11.8 Å². The first-order chi connectivity index (χ1) is 9.06. The first-order valence-electron chi connectivity index (χ1n) is 7.98. The number of hydrogen-bond donors (Lipinski definition) is 0. The van der Waals surface area contributed by atoms with Crippen LogP contribution in [0.5, 0.6) is 0 Å². The van der Waals surface area contributed by atoms with E-state index in [9.17, 15) is 0 Å². The largest absolute Gasteiger partial charge is 0.400 e. The van der Waals surface area contributed by atoms with E-state index in [-0.39, 0.29) is 0 Å². The van der Waals surface area contributed by atoms with Crippen LogP contribution in [0.3, 0.4) is 0 Å². The topological polar surface area (TPSA) is 0 Å². The summed E-state index contributed by atoms with van der Waals surface area (Å²) in [6.45, 7) is 13.3. The van der Waals surface area contributed by atoms with Crippen LogP contribution in [-0.4, -0.2) is 39.7 Å². The minimum atomic E-state index is -0.846. The van der Waals surface area contributed by atoms with E-state index in [1.165, 1.54) is 21.1 Å². The van der Waals surface area contributed by atoms with Gasteiger partial charge in [0.15, 0.2) is 0 Å². The highest BCUT2D eigenvalue weighted by Gasteiger charge is 2.17. The van der Waals surface area contributed by atoms with Gasteiger partial charge in [0, 0.05) is 0 Å². The smallest absolute Gasteiger partial charge is 0.262 e. The molecule has 0 aromatic carbocycles. The molecule has 0 N–H and O–H groups in total. The fourth-order valence-corrected chi connectivity index (χ4v) is 6.36. The van der Waals surface area contributed by atoms with Crippen molar-refractivity contribution in [1.82, 2.24) is 0 Å². The summed E-state index contributed by atoms with van der Waals surface area (Å²) in [6, 6.07) is 0. The lowest BCUT2D eigenvalue weighted by atomic mass is 10.3. The zero-order chi connectivity index (χ0) is 16.7. The molecule has 0 aliphatic heterocycles. The number of hydrogen-bond acceptors (Lipinski definition) is 0. The van der Waals surface area contributed by atoms with Gasteiger partial charge in [-0.25, -0.2) is 0 Å². The molecule has 0 aromatic heterocycles. The molecule has 0 aromatic rings. The second-order valence-electron chi connectivity index (χ2n) is 6.28. The zero-order valence-corrected chi connectivity index (χ0v) is 20.6. The van der Waals surface area contributed by atoms with Crippen LogP contribution in [0.2, 0.25) is 32.7 Å². The summed E-state index contributed by atoms with van der Waals surface area (Å²) >= 11 is -2.20. The quantitative estimate of drug-likeness (QED) is 0.419. The standard InChI is InChI=1S/2C4H9.2C2H5.2CH3.3Al.3ClH/c2*1-4(2)3;2*1-2;;;;;;;;/h2*4H,1H2,2-3H3;2*1H2,2H3;2*1H3;;;;3*1H/q;;;;;;3*+1;;;/p-3. The van der Waals surface area contributed by atoms with Gasteiger partial charge in [-0.15, -0.1) is 0 Å². The van der Waals surface area contributed by atoms with E-state index in [4.69, 9.17) is 30.1 Å². The van der Waals surface area contributed by atoms with Gasteiger partial charge in [0.25, 0.3) is 0 Å². The van der Waals surface area contributed by atoms with E-state index in [0.29, 0.717) is 0 Å². The normalized spacial score (nSPS) is 9.45. The fraction of sp³-hybridized carbons (Fsp3) is 1.00. The van der Waals surface area contributed by atoms with Gasteiger partial charge in [-0.2, -0.15) is 0 Å². The van der Waals surface area contributed by atoms with Crippen LogP contribution in [0.25, 0.3) is 0 Å². The predicted molar refractivity (Wildman–Crippen MR) is 107 cm³/mol. The van der Waals surface area contributed by atoms with Gasteiger partial charge in [0.1, 0.15) is 0 Å². The predicted octanol–water partition coefficient (Wildman–Crippen LogP) is 7.26. The van der Waals surface area contributed by atoms with Crippen molar-refractivity contribution in [1.29, 1.82) is 0 Å². The molecule has 0 aliphatic carbocycles. The number of rotatable bonds is 6. The minimum Gasteiger partial charge on any atom is -0.262 e. The highest BCUT2D eigenvalue weighted by molar-refractivity contribution is 7.07. The Morgan fingerprint density at radius 3 is 1.05 bits per heavy atom. The van der Waals surface area contributed by atoms with Crippen molar-refractivity contribution in [2.45, 2.75) is 74.2 Å². The maximum atomic E-state index is 6.21. The summed E-state index contributed by atoms with van der Waals surface area (Å²) in [6.07, 6.45) is 0. The number of halogens is 3. The first-order valence-corrected chi connectivity index (χ1v) is 18.8. The summed E-state index contributed by atoms with van der Waals surface area (Å²) in [7, 11) is 17.4. The molecule has 0 bridgehead atoms. The SMILES string of the molecule is CC(C)[CH2][Al]([Cl])[CH2]C(C)C.C[CH2][Al]([Cl])[CH2]C.[CH3][Al]([CH3])[Cl]. The van der Waals surface area contributed by atoms with E-state index in [1.807, 2.05) is 0 Å². The van der Waals surface area contributed by atoms with Gasteiger partial charge in [-0.05, 0) is 0 Å².